The number of hydrogen-bond donors (Lipinski definition) is 2. The lowest BCUT2D eigenvalue weighted by molar-refractivity contribution is -0.215. The number of aliphatic hydroxyl groups is 1. The Balaban J connectivity index is 1.44. The van der Waals surface area contributed by atoms with Gasteiger partial charge in [-0.15, -0.1) is 0 Å². The molecule has 0 aliphatic carbocycles. The van der Waals surface area contributed by atoms with Gasteiger partial charge in [0.25, 0.3) is 0 Å². The van der Waals surface area contributed by atoms with Crippen molar-refractivity contribution in [2.24, 2.45) is 5.92 Å². The van der Waals surface area contributed by atoms with Crippen LogP contribution >= 0.6 is 11.6 Å². The van der Waals surface area contributed by atoms with Gasteiger partial charge in [-0.2, -0.15) is 5.10 Å². The first kappa shape index (κ1) is 21.3. The molecule has 1 aromatic carbocycles. The van der Waals surface area contributed by atoms with E-state index in [1.165, 1.54) is 16.4 Å². The molecule has 6 nitrogen and oxygen atoms in total. The lowest BCUT2D eigenvalue weighted by Gasteiger charge is -2.49. The molecule has 2 bridgehead atoms. The summed E-state index contributed by atoms with van der Waals surface area (Å²) in [4.78, 5) is 12.3. The van der Waals surface area contributed by atoms with Crippen molar-refractivity contribution < 1.29 is 14.6 Å². The van der Waals surface area contributed by atoms with E-state index in [9.17, 15) is 9.90 Å². The number of benzene rings is 1. The zero-order valence-electron chi connectivity index (χ0n) is 17.6. The number of rotatable bonds is 5. The molecule has 2 saturated heterocycles. The molecule has 2 N–H and O–H groups in total. The second-order valence-electron chi connectivity index (χ2n) is 9.28. The minimum absolute atomic E-state index is 0.0588. The van der Waals surface area contributed by atoms with Gasteiger partial charge in [0.1, 0.15) is 6.54 Å². The second-order valence-corrected chi connectivity index (χ2v) is 9.72. The fourth-order valence-electron chi connectivity index (χ4n) is 5.26. The first-order valence-corrected chi connectivity index (χ1v) is 11.0. The number of halogens is 1. The average molecular weight is 432 g/mol. The van der Waals surface area contributed by atoms with Gasteiger partial charge in [-0.25, -0.2) is 0 Å². The topological polar surface area (TPSA) is 76.4 Å². The Hall–Kier alpha value is -1.89. The van der Waals surface area contributed by atoms with E-state index in [0.717, 1.165) is 25.7 Å². The number of carbonyl (C=O) groups is 1. The molecular weight excluding hydrogens is 402 g/mol. The van der Waals surface area contributed by atoms with Crippen LogP contribution in [0.15, 0.2) is 42.7 Å². The van der Waals surface area contributed by atoms with Crippen molar-refractivity contribution >= 4 is 17.5 Å². The Bertz CT molecular complexity index is 889. The molecule has 0 saturated carbocycles. The van der Waals surface area contributed by atoms with Crippen LogP contribution in [0.5, 0.6) is 0 Å². The summed E-state index contributed by atoms with van der Waals surface area (Å²) in [6, 6.07) is 10.5. The van der Waals surface area contributed by atoms with Crippen LogP contribution in [-0.4, -0.2) is 44.6 Å². The fraction of sp³-hybridized carbons (Fsp3) is 0.565. The van der Waals surface area contributed by atoms with Crippen molar-refractivity contribution in [2.45, 2.75) is 69.3 Å². The summed E-state index contributed by atoms with van der Waals surface area (Å²) in [5.41, 5.74) is 0.378. The lowest BCUT2D eigenvalue weighted by Crippen LogP contribution is -2.54. The number of amides is 1. The number of hydrogen-bond acceptors (Lipinski definition) is 4. The first-order chi connectivity index (χ1) is 14.3. The summed E-state index contributed by atoms with van der Waals surface area (Å²) in [6.07, 6.45) is 5.85. The third-order valence-electron chi connectivity index (χ3n) is 6.67. The van der Waals surface area contributed by atoms with Crippen LogP contribution in [0.4, 0.5) is 0 Å². The van der Waals surface area contributed by atoms with Gasteiger partial charge < -0.3 is 15.2 Å². The third-order valence-corrected chi connectivity index (χ3v) is 6.86. The number of nitrogens with one attached hydrogen (secondary N) is 1. The first-order valence-electron chi connectivity index (χ1n) is 10.6. The van der Waals surface area contributed by atoms with Crippen LogP contribution in [-0.2, 0) is 16.1 Å². The second kappa shape index (κ2) is 8.33. The molecule has 2 aliphatic heterocycles. The predicted octanol–water partition coefficient (Wildman–Crippen LogP) is 3.54. The molecule has 0 unspecified atom stereocenters. The molecule has 7 heteroatoms. The summed E-state index contributed by atoms with van der Waals surface area (Å²) in [7, 11) is 0. The maximum Gasteiger partial charge on any atom is 0.241 e. The standard InChI is InChI=1S/C23H30ClN3O3/c1-22-9-8-17(12-25-20(28)15-27-14-19(24)13-26-27)21(29)23(2,30-22)11-18(10-22)16-6-4-3-5-7-16/h3-7,13-14,17-18,21,29H,8-12,15H2,1-2H3,(H,25,28)/t17-,18-,21-,22-,23-/m0/s1. The average Bonchev–Trinajstić information content (AvgIpc) is 3.09. The number of ether oxygens (including phenoxy) is 1. The molecule has 162 valence electrons. The molecule has 4 rings (SSSR count). The van der Waals surface area contributed by atoms with Crippen molar-refractivity contribution in [1.82, 2.24) is 15.1 Å². The Morgan fingerprint density at radius 3 is 2.80 bits per heavy atom. The summed E-state index contributed by atoms with van der Waals surface area (Å²) < 4.78 is 8.03. The van der Waals surface area contributed by atoms with Gasteiger partial charge in [0.15, 0.2) is 0 Å². The highest BCUT2D eigenvalue weighted by atomic mass is 35.5. The van der Waals surface area contributed by atoms with Crippen molar-refractivity contribution in [3.05, 3.63) is 53.3 Å². The minimum atomic E-state index is -0.648. The smallest absolute Gasteiger partial charge is 0.241 e. The van der Waals surface area contributed by atoms with Gasteiger partial charge in [-0.05, 0) is 51.0 Å². The van der Waals surface area contributed by atoms with Crippen molar-refractivity contribution in [3.63, 3.8) is 0 Å². The Morgan fingerprint density at radius 2 is 2.10 bits per heavy atom. The third kappa shape index (κ3) is 4.56. The summed E-state index contributed by atoms with van der Waals surface area (Å²) in [5.74, 6) is 0.146. The van der Waals surface area contributed by atoms with E-state index in [4.69, 9.17) is 16.3 Å². The minimum Gasteiger partial charge on any atom is -0.390 e. The van der Waals surface area contributed by atoms with Crippen LogP contribution in [0.25, 0.3) is 0 Å². The number of aromatic nitrogens is 2. The van der Waals surface area contributed by atoms with E-state index >= 15 is 0 Å². The highest BCUT2D eigenvalue weighted by Gasteiger charge is 2.52. The molecule has 5 atom stereocenters. The van der Waals surface area contributed by atoms with E-state index in [2.05, 4.69) is 41.6 Å². The molecule has 0 radical (unpaired) electrons. The van der Waals surface area contributed by atoms with E-state index < -0.39 is 11.7 Å². The number of carbonyl (C=O) groups excluding carboxylic acids is 1. The van der Waals surface area contributed by atoms with Gasteiger partial charge in [-0.3, -0.25) is 9.48 Å². The lowest BCUT2D eigenvalue weighted by atomic mass is 9.74. The Morgan fingerprint density at radius 1 is 1.33 bits per heavy atom. The van der Waals surface area contributed by atoms with Gasteiger partial charge >= 0.3 is 0 Å². The number of fused-ring (bicyclic) bond motifs is 2. The van der Waals surface area contributed by atoms with Crippen LogP contribution in [0, 0.1) is 5.92 Å². The molecule has 30 heavy (non-hydrogen) atoms. The predicted molar refractivity (Wildman–Crippen MR) is 115 cm³/mol. The fourth-order valence-corrected chi connectivity index (χ4v) is 5.41. The molecule has 1 amide bonds. The highest BCUT2D eigenvalue weighted by Crippen LogP contribution is 2.50. The van der Waals surface area contributed by atoms with Gasteiger partial charge in [-0.1, -0.05) is 41.9 Å². The monoisotopic (exact) mass is 431 g/mol. The molecule has 0 spiro atoms. The van der Waals surface area contributed by atoms with Crippen LogP contribution in [0.3, 0.4) is 0 Å². The Kier molecular flexibility index (Phi) is 5.93. The zero-order valence-corrected chi connectivity index (χ0v) is 18.3. The van der Waals surface area contributed by atoms with Crippen molar-refractivity contribution in [2.75, 3.05) is 6.54 Å². The normalized spacial score (nSPS) is 33.7. The van der Waals surface area contributed by atoms with Gasteiger partial charge in [0.2, 0.25) is 5.91 Å². The molecule has 3 heterocycles. The molecular formula is C23H30ClN3O3. The van der Waals surface area contributed by atoms with E-state index in [0.29, 0.717) is 17.5 Å². The molecule has 2 aliphatic rings. The van der Waals surface area contributed by atoms with Crippen LogP contribution in [0.1, 0.15) is 51.0 Å². The van der Waals surface area contributed by atoms with Gasteiger partial charge in [0, 0.05) is 18.7 Å². The maximum absolute atomic E-state index is 12.3. The van der Waals surface area contributed by atoms with E-state index in [1.54, 1.807) is 6.20 Å². The van der Waals surface area contributed by atoms with Gasteiger partial charge in [0.05, 0.1) is 28.5 Å². The number of nitrogens with zero attached hydrogens (tertiary/aromatic N) is 2. The van der Waals surface area contributed by atoms with E-state index in [1.807, 2.05) is 13.0 Å². The van der Waals surface area contributed by atoms with Crippen molar-refractivity contribution in [3.8, 4) is 0 Å². The van der Waals surface area contributed by atoms with Crippen LogP contribution in [0.2, 0.25) is 5.02 Å². The zero-order chi connectivity index (χ0) is 21.4. The molecule has 2 aromatic rings. The summed E-state index contributed by atoms with van der Waals surface area (Å²) in [5, 5.41) is 18.8. The number of aliphatic hydroxyl groups excluding tert-OH is 1. The Labute approximate surface area is 182 Å². The van der Waals surface area contributed by atoms with Crippen molar-refractivity contribution in [1.29, 1.82) is 0 Å². The SMILES string of the molecule is C[C@]12CC[C@@H](CNC(=O)Cn3cc(Cl)cn3)[C@H](O)[C@](C)(C[C@@H](c3ccccc3)C1)O2. The van der Waals surface area contributed by atoms with E-state index in [-0.39, 0.29) is 24.0 Å². The highest BCUT2D eigenvalue weighted by molar-refractivity contribution is 6.30. The largest absolute Gasteiger partial charge is 0.390 e. The summed E-state index contributed by atoms with van der Waals surface area (Å²) >= 11 is 5.85. The maximum atomic E-state index is 12.3. The summed E-state index contributed by atoms with van der Waals surface area (Å²) in [6.45, 7) is 4.71. The molecule has 2 fully saturated rings. The molecule has 1 aromatic heterocycles. The quantitative estimate of drug-likeness (QED) is 0.759. The van der Waals surface area contributed by atoms with Crippen LogP contribution < -0.4 is 5.32 Å².